The number of benzene rings is 1. The summed E-state index contributed by atoms with van der Waals surface area (Å²) < 4.78 is 0. The Bertz CT molecular complexity index is 992. The monoisotopic (exact) mass is 418 g/mol. The summed E-state index contributed by atoms with van der Waals surface area (Å²) in [6, 6.07) is 12.4. The third kappa shape index (κ3) is 6.84. The first-order chi connectivity index (χ1) is 14.9. The van der Waals surface area contributed by atoms with E-state index in [1.807, 2.05) is 26.1 Å². The predicted octanol–water partition coefficient (Wildman–Crippen LogP) is 4.53. The molecule has 0 saturated heterocycles. The Hall–Kier alpha value is -3.35. The van der Waals surface area contributed by atoms with Gasteiger partial charge in [-0.1, -0.05) is 48.6 Å². The Labute approximate surface area is 184 Å². The van der Waals surface area contributed by atoms with E-state index in [0.717, 1.165) is 28.8 Å². The van der Waals surface area contributed by atoms with Crippen molar-refractivity contribution in [3.8, 4) is 0 Å². The number of aryl methyl sites for hydroxylation is 3. The van der Waals surface area contributed by atoms with Gasteiger partial charge in [-0.2, -0.15) is 0 Å². The number of nitrogens with zero attached hydrogens (tertiary/aromatic N) is 2. The van der Waals surface area contributed by atoms with Crippen LogP contribution in [0.1, 0.15) is 43.9 Å². The largest absolute Gasteiger partial charge is 0.362 e. The Morgan fingerprint density at radius 3 is 2.26 bits per heavy atom. The second kappa shape index (κ2) is 11.7. The van der Waals surface area contributed by atoms with Gasteiger partial charge >= 0.3 is 0 Å². The number of fused-ring (bicyclic) bond motifs is 1. The minimum atomic E-state index is 0.110. The number of Topliss-reactive ketones (excluding diaryl/α,β-unsaturated/α-hetero) is 1. The Morgan fingerprint density at radius 2 is 1.71 bits per heavy atom. The minimum Gasteiger partial charge on any atom is -0.362 e. The first-order valence-corrected chi connectivity index (χ1v) is 10.1. The number of nitrogens with one attached hydrogen (secondary N) is 2. The fraction of sp³-hybridized carbons (Fsp3) is 0.240. The molecule has 0 bridgehead atoms. The standard InChI is InChI=1S/C17H16N2O.C7H9N.CH5NO/c1-3-13-9-18-17-16(15(20)10-19-17)14(13)8-12-6-4-11(2)5-7-12;1-6-3-4-7(2)8-5-6;1-2-3/h3-7,9H,1,8,10H2,2H3,(H,18,19);3-5H,1-2H3;2-3H,1H3. The molecule has 3 heterocycles. The number of pyridine rings is 2. The van der Waals surface area contributed by atoms with Crippen molar-refractivity contribution in [1.29, 1.82) is 0 Å². The van der Waals surface area contributed by atoms with Gasteiger partial charge in [0, 0.05) is 25.1 Å². The summed E-state index contributed by atoms with van der Waals surface area (Å²) in [6.45, 7) is 10.2. The zero-order valence-corrected chi connectivity index (χ0v) is 18.6. The highest BCUT2D eigenvalue weighted by Crippen LogP contribution is 2.28. The average molecular weight is 419 g/mol. The van der Waals surface area contributed by atoms with Crippen molar-refractivity contribution in [3.05, 3.63) is 94.4 Å². The topological polar surface area (TPSA) is 87.1 Å². The van der Waals surface area contributed by atoms with Gasteiger partial charge in [0.2, 0.25) is 0 Å². The summed E-state index contributed by atoms with van der Waals surface area (Å²) in [4.78, 5) is 20.4. The number of rotatable bonds is 3. The van der Waals surface area contributed by atoms with E-state index in [2.05, 4.69) is 59.1 Å². The van der Waals surface area contributed by atoms with Gasteiger partial charge in [0.15, 0.2) is 5.78 Å². The van der Waals surface area contributed by atoms with Crippen molar-refractivity contribution < 1.29 is 10.0 Å². The van der Waals surface area contributed by atoms with Gasteiger partial charge in [-0.15, -0.1) is 0 Å². The van der Waals surface area contributed by atoms with Crippen LogP contribution in [0.15, 0.2) is 55.4 Å². The second-order valence-corrected chi connectivity index (χ2v) is 7.26. The molecule has 3 N–H and O–H groups in total. The lowest BCUT2D eigenvalue weighted by atomic mass is 9.95. The molecule has 1 aromatic carbocycles. The first kappa shape index (κ1) is 23.9. The Kier molecular flexibility index (Phi) is 9.06. The van der Waals surface area contributed by atoms with Crippen LogP contribution in [0.3, 0.4) is 0 Å². The maximum Gasteiger partial charge on any atom is 0.185 e. The number of carbonyl (C=O) groups is 1. The minimum absolute atomic E-state index is 0.110. The van der Waals surface area contributed by atoms with Crippen LogP contribution in [0.4, 0.5) is 5.82 Å². The van der Waals surface area contributed by atoms with Crippen molar-refractivity contribution in [3.63, 3.8) is 0 Å². The average Bonchev–Trinajstić information content (AvgIpc) is 3.14. The number of aromatic nitrogens is 2. The highest BCUT2D eigenvalue weighted by Gasteiger charge is 2.25. The normalized spacial score (nSPS) is 11.3. The van der Waals surface area contributed by atoms with Crippen LogP contribution in [-0.2, 0) is 6.42 Å². The van der Waals surface area contributed by atoms with E-state index >= 15 is 0 Å². The van der Waals surface area contributed by atoms with Crippen LogP contribution in [0.2, 0.25) is 0 Å². The molecule has 0 fully saturated rings. The SMILES string of the molecule is C=Cc1cnc2c(c1Cc1ccc(C)cc1)C(=O)CN2.CNO.Cc1ccc(C)nc1. The van der Waals surface area contributed by atoms with E-state index in [9.17, 15) is 4.79 Å². The molecule has 31 heavy (non-hydrogen) atoms. The molecule has 4 rings (SSSR count). The lowest BCUT2D eigenvalue weighted by Gasteiger charge is -2.10. The zero-order valence-electron chi connectivity index (χ0n) is 18.6. The van der Waals surface area contributed by atoms with Gasteiger partial charge in [0.1, 0.15) is 5.82 Å². The van der Waals surface area contributed by atoms with Gasteiger partial charge in [0.25, 0.3) is 0 Å². The number of anilines is 1. The lowest BCUT2D eigenvalue weighted by Crippen LogP contribution is -2.05. The van der Waals surface area contributed by atoms with E-state index in [1.165, 1.54) is 23.7 Å². The van der Waals surface area contributed by atoms with Crippen LogP contribution in [-0.4, -0.2) is 34.6 Å². The number of ketones is 1. The lowest BCUT2D eigenvalue weighted by molar-refractivity contribution is 0.101. The molecule has 0 radical (unpaired) electrons. The molecule has 6 heteroatoms. The first-order valence-electron chi connectivity index (χ1n) is 10.1. The maximum atomic E-state index is 12.1. The summed E-state index contributed by atoms with van der Waals surface area (Å²) in [6.07, 6.45) is 6.14. The zero-order chi connectivity index (χ0) is 22.8. The van der Waals surface area contributed by atoms with Crippen LogP contribution >= 0.6 is 0 Å². The fourth-order valence-electron chi connectivity index (χ4n) is 3.07. The van der Waals surface area contributed by atoms with Crippen molar-refractivity contribution in [1.82, 2.24) is 15.4 Å². The molecule has 0 saturated carbocycles. The van der Waals surface area contributed by atoms with E-state index in [0.29, 0.717) is 12.4 Å². The summed E-state index contributed by atoms with van der Waals surface area (Å²) in [5, 5.41) is 10.4. The number of hydrogen-bond donors (Lipinski definition) is 3. The molecule has 1 aliphatic heterocycles. The number of hydrogen-bond acceptors (Lipinski definition) is 6. The molecule has 3 aromatic rings. The molecule has 162 valence electrons. The molecule has 2 aromatic heterocycles. The van der Waals surface area contributed by atoms with Gasteiger partial charge in [-0.3, -0.25) is 9.78 Å². The van der Waals surface area contributed by atoms with Gasteiger partial charge in [0.05, 0.1) is 12.1 Å². The van der Waals surface area contributed by atoms with Crippen LogP contribution < -0.4 is 10.8 Å². The summed E-state index contributed by atoms with van der Waals surface area (Å²) in [5.74, 6) is 0.807. The van der Waals surface area contributed by atoms with Crippen molar-refractivity contribution >= 4 is 17.7 Å². The van der Waals surface area contributed by atoms with Gasteiger partial charge in [-0.05, 0) is 55.5 Å². The summed E-state index contributed by atoms with van der Waals surface area (Å²) in [7, 11) is 1.43. The Balaban J connectivity index is 0.000000258. The van der Waals surface area contributed by atoms with E-state index < -0.39 is 0 Å². The fourth-order valence-corrected chi connectivity index (χ4v) is 3.07. The summed E-state index contributed by atoms with van der Waals surface area (Å²) >= 11 is 0. The third-order valence-corrected chi connectivity index (χ3v) is 4.70. The van der Waals surface area contributed by atoms with Gasteiger partial charge in [-0.25, -0.2) is 10.5 Å². The third-order valence-electron chi connectivity index (χ3n) is 4.70. The molecular weight excluding hydrogens is 388 g/mol. The molecule has 0 spiro atoms. The molecule has 0 atom stereocenters. The van der Waals surface area contributed by atoms with Crippen molar-refractivity contribution in [2.45, 2.75) is 27.2 Å². The van der Waals surface area contributed by atoms with E-state index in [1.54, 1.807) is 17.8 Å². The molecule has 0 unspecified atom stereocenters. The maximum absolute atomic E-state index is 12.1. The predicted molar refractivity (Wildman–Crippen MR) is 126 cm³/mol. The quantitative estimate of drug-likeness (QED) is 0.542. The Morgan fingerprint density at radius 1 is 1.06 bits per heavy atom. The van der Waals surface area contributed by atoms with Crippen LogP contribution in [0.5, 0.6) is 0 Å². The number of carbonyl (C=O) groups excluding carboxylic acids is 1. The highest BCUT2D eigenvalue weighted by atomic mass is 16.5. The molecule has 0 aliphatic carbocycles. The number of hydroxylamine groups is 1. The molecule has 1 aliphatic rings. The van der Waals surface area contributed by atoms with Crippen molar-refractivity contribution in [2.24, 2.45) is 0 Å². The van der Waals surface area contributed by atoms with Gasteiger partial charge < -0.3 is 10.5 Å². The van der Waals surface area contributed by atoms with Crippen LogP contribution in [0, 0.1) is 20.8 Å². The second-order valence-electron chi connectivity index (χ2n) is 7.26. The summed E-state index contributed by atoms with van der Waals surface area (Å²) in [5.41, 5.74) is 9.14. The van der Waals surface area contributed by atoms with E-state index in [-0.39, 0.29) is 5.78 Å². The van der Waals surface area contributed by atoms with E-state index in [4.69, 9.17) is 5.21 Å². The molecule has 0 amide bonds. The van der Waals surface area contributed by atoms with Crippen LogP contribution in [0.25, 0.3) is 6.08 Å². The smallest absolute Gasteiger partial charge is 0.185 e. The molecular formula is C25H30N4O2. The van der Waals surface area contributed by atoms with Crippen molar-refractivity contribution in [2.75, 3.05) is 18.9 Å². The highest BCUT2D eigenvalue weighted by molar-refractivity contribution is 6.08. The molecule has 6 nitrogen and oxygen atoms in total.